The molecule has 1 heterocycles. The van der Waals surface area contributed by atoms with E-state index >= 15 is 0 Å². The van der Waals surface area contributed by atoms with Crippen molar-refractivity contribution < 1.29 is 9.18 Å². The topological polar surface area (TPSA) is 72.9 Å². The van der Waals surface area contributed by atoms with Gasteiger partial charge in [-0.2, -0.15) is 5.10 Å². The van der Waals surface area contributed by atoms with Crippen LogP contribution in [0.1, 0.15) is 38.1 Å². The van der Waals surface area contributed by atoms with E-state index in [4.69, 9.17) is 5.73 Å². The molecule has 0 aliphatic rings. The minimum Gasteiger partial charge on any atom is -0.324 e. The molecule has 0 aliphatic heterocycles. The monoisotopic (exact) mass is 354 g/mol. The van der Waals surface area contributed by atoms with E-state index in [2.05, 4.69) is 10.4 Å². The van der Waals surface area contributed by atoms with E-state index in [0.717, 1.165) is 17.8 Å². The summed E-state index contributed by atoms with van der Waals surface area (Å²) >= 11 is 0. The fourth-order valence-electron chi connectivity index (χ4n) is 2.54. The van der Waals surface area contributed by atoms with E-state index in [0.29, 0.717) is 17.8 Å². The Morgan fingerprint density at radius 3 is 2.54 bits per heavy atom. The molecule has 1 unspecified atom stereocenters. The highest BCUT2D eigenvalue weighted by Crippen LogP contribution is 2.21. The Morgan fingerprint density at radius 1 is 1.38 bits per heavy atom. The molecule has 132 valence electrons. The van der Waals surface area contributed by atoms with Crippen molar-refractivity contribution in [2.45, 2.75) is 46.1 Å². The summed E-state index contributed by atoms with van der Waals surface area (Å²) in [7, 11) is 0. The first-order valence-corrected chi connectivity index (χ1v) is 7.68. The van der Waals surface area contributed by atoms with Crippen molar-refractivity contribution in [3.63, 3.8) is 0 Å². The zero-order valence-corrected chi connectivity index (χ0v) is 15.2. The van der Waals surface area contributed by atoms with E-state index in [1.54, 1.807) is 23.7 Å². The normalized spacial score (nSPS) is 13.1. The Balaban J connectivity index is 0.00000288. The summed E-state index contributed by atoms with van der Waals surface area (Å²) in [5.41, 5.74) is 7.39. The lowest BCUT2D eigenvalue weighted by molar-refractivity contribution is -0.120. The number of amides is 1. The van der Waals surface area contributed by atoms with Crippen molar-refractivity contribution in [2.24, 2.45) is 5.73 Å². The molecule has 0 spiro atoms. The number of hydrogen-bond acceptors (Lipinski definition) is 3. The van der Waals surface area contributed by atoms with Crippen LogP contribution in [-0.4, -0.2) is 21.2 Å². The third-order valence-corrected chi connectivity index (χ3v) is 3.73. The third-order valence-electron chi connectivity index (χ3n) is 3.73. The first-order valence-electron chi connectivity index (χ1n) is 7.68. The van der Waals surface area contributed by atoms with Gasteiger partial charge in [0.25, 0.3) is 0 Å². The molecule has 1 aromatic carbocycles. The maximum atomic E-state index is 14.4. The Kier molecular flexibility index (Phi) is 6.51. The average Bonchev–Trinajstić information content (AvgIpc) is 2.77. The lowest BCUT2D eigenvalue weighted by atomic mass is 9.96. The maximum absolute atomic E-state index is 14.4. The number of benzene rings is 1. The molecule has 1 aromatic heterocycles. The van der Waals surface area contributed by atoms with Gasteiger partial charge in [0.1, 0.15) is 5.69 Å². The van der Waals surface area contributed by atoms with Gasteiger partial charge in [0.05, 0.1) is 11.2 Å². The van der Waals surface area contributed by atoms with Crippen LogP contribution in [0.4, 0.5) is 10.1 Å². The molecule has 0 bridgehead atoms. The highest BCUT2D eigenvalue weighted by molar-refractivity contribution is 5.97. The molecule has 2 aromatic rings. The molecule has 0 radical (unpaired) electrons. The molecule has 1 atom stereocenters. The molecular weight excluding hydrogens is 331 g/mol. The summed E-state index contributed by atoms with van der Waals surface area (Å²) in [6.07, 6.45) is 1.36. The van der Waals surface area contributed by atoms with Crippen molar-refractivity contribution in [1.82, 2.24) is 9.78 Å². The molecule has 0 fully saturated rings. The van der Waals surface area contributed by atoms with Gasteiger partial charge >= 0.3 is 0 Å². The van der Waals surface area contributed by atoms with Crippen LogP contribution in [-0.2, 0) is 4.79 Å². The fraction of sp³-hybridized carbons (Fsp3) is 0.412. The van der Waals surface area contributed by atoms with Gasteiger partial charge in [-0.1, -0.05) is 13.3 Å². The SMILES string of the molecule is CCCC(C)(N)C(=O)Nc1ccc(-n2nc(C)cc2C)c(F)c1.Cl. The predicted molar refractivity (Wildman–Crippen MR) is 96.4 cm³/mol. The zero-order chi connectivity index (χ0) is 17.2. The van der Waals surface area contributed by atoms with Crippen molar-refractivity contribution >= 4 is 24.0 Å². The second kappa shape index (κ2) is 7.77. The largest absolute Gasteiger partial charge is 0.324 e. The molecule has 24 heavy (non-hydrogen) atoms. The smallest absolute Gasteiger partial charge is 0.244 e. The quantitative estimate of drug-likeness (QED) is 0.863. The number of hydrogen-bond donors (Lipinski definition) is 2. The van der Waals surface area contributed by atoms with Crippen LogP contribution < -0.4 is 11.1 Å². The Hall–Kier alpha value is -1.92. The number of carbonyl (C=O) groups is 1. The van der Waals surface area contributed by atoms with Gasteiger partial charge in [0, 0.05) is 11.4 Å². The van der Waals surface area contributed by atoms with E-state index < -0.39 is 11.4 Å². The number of nitrogens with zero attached hydrogens (tertiary/aromatic N) is 2. The molecule has 7 heteroatoms. The van der Waals surface area contributed by atoms with E-state index in [1.165, 1.54) is 6.07 Å². The zero-order valence-electron chi connectivity index (χ0n) is 14.4. The number of aromatic nitrogens is 2. The summed E-state index contributed by atoms with van der Waals surface area (Å²) in [4.78, 5) is 12.2. The number of aryl methyl sites for hydroxylation is 2. The fourth-order valence-corrected chi connectivity index (χ4v) is 2.54. The van der Waals surface area contributed by atoms with Gasteiger partial charge in [-0.15, -0.1) is 12.4 Å². The van der Waals surface area contributed by atoms with Crippen LogP contribution in [0.5, 0.6) is 0 Å². The number of rotatable bonds is 5. The van der Waals surface area contributed by atoms with Gasteiger partial charge in [-0.05, 0) is 51.5 Å². The van der Waals surface area contributed by atoms with Crippen LogP contribution in [0.3, 0.4) is 0 Å². The second-order valence-corrected chi connectivity index (χ2v) is 6.13. The van der Waals surface area contributed by atoms with Crippen molar-refractivity contribution in [2.75, 3.05) is 5.32 Å². The Bertz CT molecular complexity index is 727. The predicted octanol–water partition coefficient (Wildman–Crippen LogP) is 3.51. The van der Waals surface area contributed by atoms with Gasteiger partial charge in [0.15, 0.2) is 5.82 Å². The standard InChI is InChI=1S/C17H23FN4O.ClH/c1-5-8-17(4,19)16(23)20-13-6-7-15(14(18)10-13)22-12(3)9-11(2)21-22;/h6-7,9-10H,5,8,19H2,1-4H3,(H,20,23);1H. The maximum Gasteiger partial charge on any atom is 0.244 e. The van der Waals surface area contributed by atoms with Crippen LogP contribution in [0.2, 0.25) is 0 Å². The first kappa shape index (κ1) is 20.1. The van der Waals surface area contributed by atoms with Crippen molar-refractivity contribution in [3.8, 4) is 5.69 Å². The van der Waals surface area contributed by atoms with Gasteiger partial charge in [-0.3, -0.25) is 4.79 Å². The molecule has 0 saturated heterocycles. The Labute approximate surface area is 147 Å². The minimum atomic E-state index is -0.973. The first-order chi connectivity index (χ1) is 10.7. The summed E-state index contributed by atoms with van der Waals surface area (Å²) in [5, 5.41) is 6.94. The number of anilines is 1. The number of nitrogens with two attached hydrogens (primary N) is 1. The van der Waals surface area contributed by atoms with Crippen LogP contribution in [0, 0.1) is 19.7 Å². The van der Waals surface area contributed by atoms with E-state index in [9.17, 15) is 9.18 Å². The lowest BCUT2D eigenvalue weighted by Crippen LogP contribution is -2.48. The van der Waals surface area contributed by atoms with Crippen LogP contribution in [0.25, 0.3) is 5.69 Å². The molecule has 0 aliphatic carbocycles. The molecule has 3 N–H and O–H groups in total. The Morgan fingerprint density at radius 2 is 2.04 bits per heavy atom. The second-order valence-electron chi connectivity index (χ2n) is 6.13. The van der Waals surface area contributed by atoms with Crippen molar-refractivity contribution in [1.29, 1.82) is 0 Å². The molecule has 1 amide bonds. The van der Waals surface area contributed by atoms with Gasteiger partial charge in [0.2, 0.25) is 5.91 Å². The minimum absolute atomic E-state index is 0. The summed E-state index contributed by atoms with van der Waals surface area (Å²) in [6.45, 7) is 7.35. The summed E-state index contributed by atoms with van der Waals surface area (Å²) in [6, 6.07) is 6.40. The lowest BCUT2D eigenvalue weighted by Gasteiger charge is -2.23. The van der Waals surface area contributed by atoms with Crippen LogP contribution >= 0.6 is 12.4 Å². The third kappa shape index (κ3) is 4.33. The molecule has 0 saturated carbocycles. The number of halogens is 2. The van der Waals surface area contributed by atoms with Gasteiger partial charge < -0.3 is 11.1 Å². The average molecular weight is 355 g/mol. The summed E-state index contributed by atoms with van der Waals surface area (Å²) in [5.74, 6) is -0.777. The van der Waals surface area contributed by atoms with Crippen molar-refractivity contribution in [3.05, 3.63) is 41.5 Å². The van der Waals surface area contributed by atoms with E-state index in [-0.39, 0.29) is 18.3 Å². The van der Waals surface area contributed by atoms with Crippen LogP contribution in [0.15, 0.2) is 24.3 Å². The number of carbonyl (C=O) groups excluding carboxylic acids is 1. The highest BCUT2D eigenvalue weighted by atomic mass is 35.5. The van der Waals surface area contributed by atoms with E-state index in [1.807, 2.05) is 26.8 Å². The summed E-state index contributed by atoms with van der Waals surface area (Å²) < 4.78 is 15.9. The molecular formula is C17H24ClFN4O. The highest BCUT2D eigenvalue weighted by Gasteiger charge is 2.27. The van der Waals surface area contributed by atoms with Gasteiger partial charge in [-0.25, -0.2) is 9.07 Å². The molecule has 2 rings (SSSR count). The molecule has 5 nitrogen and oxygen atoms in total. The number of nitrogens with one attached hydrogen (secondary N) is 1.